The van der Waals surface area contributed by atoms with Gasteiger partial charge in [-0.15, -0.1) is 0 Å². The van der Waals surface area contributed by atoms with Gasteiger partial charge in [0.15, 0.2) is 9.84 Å². The van der Waals surface area contributed by atoms with E-state index in [4.69, 9.17) is 16.9 Å². The van der Waals surface area contributed by atoms with Crippen molar-refractivity contribution in [2.45, 2.75) is 120 Å². The number of nitriles is 1. The molecule has 11 heteroatoms. The van der Waals surface area contributed by atoms with E-state index in [-0.39, 0.29) is 27.7 Å². The maximum absolute atomic E-state index is 13.6. The van der Waals surface area contributed by atoms with Crippen molar-refractivity contribution in [2.75, 3.05) is 16.0 Å². The smallest absolute Gasteiger partial charge is 0.323 e. The number of benzene rings is 3. The predicted molar refractivity (Wildman–Crippen MR) is 203 cm³/mol. The second kappa shape index (κ2) is 21.2. The van der Waals surface area contributed by atoms with Gasteiger partial charge in [-0.25, -0.2) is 13.2 Å². The second-order valence-electron chi connectivity index (χ2n) is 12.7. The van der Waals surface area contributed by atoms with Crippen LogP contribution in [-0.2, 0) is 21.1 Å². The third-order valence-corrected chi connectivity index (χ3v) is 11.2. The highest BCUT2D eigenvalue weighted by Crippen LogP contribution is 2.34. The van der Waals surface area contributed by atoms with Crippen LogP contribution in [0.3, 0.4) is 0 Å². The molecular weight excluding hydrogens is 672 g/mol. The molecule has 0 saturated heterocycles. The van der Waals surface area contributed by atoms with E-state index in [1.54, 1.807) is 43.3 Å². The van der Waals surface area contributed by atoms with E-state index in [9.17, 15) is 23.1 Å². The minimum atomic E-state index is -4.03. The number of halogens is 1. The molecule has 3 rings (SSSR count). The quantitative estimate of drug-likeness (QED) is 0.0635. The van der Waals surface area contributed by atoms with Crippen molar-refractivity contribution in [1.29, 1.82) is 5.26 Å². The Morgan fingerprint density at radius 1 is 0.780 bits per heavy atom. The van der Waals surface area contributed by atoms with E-state index >= 15 is 0 Å². The van der Waals surface area contributed by atoms with Gasteiger partial charge in [-0.2, -0.15) is 5.26 Å². The van der Waals surface area contributed by atoms with Crippen LogP contribution in [-0.4, -0.2) is 30.7 Å². The van der Waals surface area contributed by atoms with Crippen LogP contribution in [0.4, 0.5) is 21.9 Å². The van der Waals surface area contributed by atoms with Crippen LogP contribution in [0.15, 0.2) is 65.6 Å². The number of carbonyl (C=O) groups excluding carboxylic acids is 2. The zero-order valence-corrected chi connectivity index (χ0v) is 30.8. The number of amides is 3. The predicted octanol–water partition coefficient (Wildman–Crippen LogP) is 10.4. The van der Waals surface area contributed by atoms with Crippen molar-refractivity contribution in [3.8, 4) is 11.8 Å². The topological polar surface area (TPSA) is 148 Å². The van der Waals surface area contributed by atoms with Gasteiger partial charge >= 0.3 is 6.03 Å². The molecule has 9 nitrogen and oxygen atoms in total. The number of nitrogens with one attached hydrogen (secondary N) is 3. The number of anilines is 3. The normalized spacial score (nSPS) is 11.8. The lowest BCUT2D eigenvalue weighted by molar-refractivity contribution is -0.115. The van der Waals surface area contributed by atoms with Gasteiger partial charge in [0.2, 0.25) is 5.91 Å². The summed E-state index contributed by atoms with van der Waals surface area (Å²) in [5.74, 6) is -1.17. The highest BCUT2D eigenvalue weighted by Gasteiger charge is 2.33. The van der Waals surface area contributed by atoms with Crippen LogP contribution in [0.25, 0.3) is 0 Å². The number of sulfone groups is 1. The minimum absolute atomic E-state index is 0.00275. The number of rotatable bonds is 21. The van der Waals surface area contributed by atoms with Crippen molar-refractivity contribution in [2.24, 2.45) is 0 Å². The minimum Gasteiger partial charge on any atom is -0.506 e. The Kier molecular flexibility index (Phi) is 17.1. The largest absolute Gasteiger partial charge is 0.506 e. The monoisotopic (exact) mass is 722 g/mol. The van der Waals surface area contributed by atoms with Gasteiger partial charge in [0.1, 0.15) is 11.0 Å². The van der Waals surface area contributed by atoms with Crippen LogP contribution < -0.4 is 16.0 Å². The van der Waals surface area contributed by atoms with E-state index in [1.165, 1.54) is 82.8 Å². The SMILES string of the molecule is CCCCCCCCCCCCCCCc1cccc(S(=O)(=O)C(CC)C(=O)Nc2cc(O)c(NC(=O)Nc3ccc(C#N)cc3)cc2Cl)c1. The van der Waals surface area contributed by atoms with Crippen molar-refractivity contribution in [3.05, 3.63) is 76.8 Å². The summed E-state index contributed by atoms with van der Waals surface area (Å²) in [5.41, 5.74) is 1.75. The summed E-state index contributed by atoms with van der Waals surface area (Å²) in [5, 5.41) is 25.7. The lowest BCUT2D eigenvalue weighted by Gasteiger charge is -2.18. The summed E-state index contributed by atoms with van der Waals surface area (Å²) >= 11 is 6.37. The van der Waals surface area contributed by atoms with Gasteiger partial charge in [-0.3, -0.25) is 4.79 Å². The molecule has 0 spiro atoms. The summed E-state index contributed by atoms with van der Waals surface area (Å²) in [6, 6.07) is 16.7. The molecule has 1 atom stereocenters. The van der Waals surface area contributed by atoms with Gasteiger partial charge in [0.25, 0.3) is 0 Å². The van der Waals surface area contributed by atoms with Crippen LogP contribution in [0.1, 0.15) is 115 Å². The van der Waals surface area contributed by atoms with Crippen molar-refractivity contribution >= 4 is 50.4 Å². The number of phenols is 1. The van der Waals surface area contributed by atoms with Gasteiger partial charge in [-0.05, 0) is 67.3 Å². The van der Waals surface area contributed by atoms with Crippen molar-refractivity contribution < 1.29 is 23.1 Å². The lowest BCUT2D eigenvalue weighted by atomic mass is 10.0. The molecule has 0 bridgehead atoms. The van der Waals surface area contributed by atoms with E-state index in [2.05, 4.69) is 22.9 Å². The summed E-state index contributed by atoms with van der Waals surface area (Å²) in [6.07, 6.45) is 17.2. The molecule has 270 valence electrons. The van der Waals surface area contributed by atoms with E-state index in [1.807, 2.05) is 12.1 Å². The maximum Gasteiger partial charge on any atom is 0.323 e. The molecule has 0 heterocycles. The first-order valence-corrected chi connectivity index (χ1v) is 19.8. The van der Waals surface area contributed by atoms with Crippen LogP contribution in [0.2, 0.25) is 5.02 Å². The van der Waals surface area contributed by atoms with Crippen molar-refractivity contribution in [3.63, 3.8) is 0 Å². The number of unbranched alkanes of at least 4 members (excludes halogenated alkanes) is 12. The van der Waals surface area contributed by atoms with E-state index < -0.39 is 32.8 Å². The number of urea groups is 1. The summed E-state index contributed by atoms with van der Waals surface area (Å²) in [6.45, 7) is 3.87. The second-order valence-corrected chi connectivity index (χ2v) is 15.2. The highest BCUT2D eigenvalue weighted by molar-refractivity contribution is 7.92. The first-order chi connectivity index (χ1) is 24.1. The molecule has 3 aromatic carbocycles. The fourth-order valence-corrected chi connectivity index (χ4v) is 7.72. The average molecular weight is 723 g/mol. The Morgan fingerprint density at radius 3 is 1.96 bits per heavy atom. The van der Waals surface area contributed by atoms with Gasteiger partial charge < -0.3 is 21.1 Å². The summed E-state index contributed by atoms with van der Waals surface area (Å²) in [7, 11) is -4.03. The standard InChI is InChI=1S/C39H51ClN4O5S/c1-3-5-6-7-8-9-10-11-12-13-14-15-16-18-29-19-17-20-32(25-29)50(48,49)37(4-2)38(46)43-34-27-36(45)35(26-33(34)40)44-39(47)42-31-23-21-30(28-41)22-24-31/h17,19-27,37,45H,3-16,18H2,1-2H3,(H,43,46)(H2,42,44,47). The number of phenolic OH excluding ortho intramolecular Hbond substituents is 1. The van der Waals surface area contributed by atoms with Crippen LogP contribution in [0.5, 0.6) is 5.75 Å². The fourth-order valence-electron chi connectivity index (χ4n) is 5.82. The zero-order valence-electron chi connectivity index (χ0n) is 29.3. The Bertz CT molecular complexity index is 1690. The molecule has 0 fully saturated rings. The van der Waals surface area contributed by atoms with Crippen LogP contribution >= 0.6 is 11.6 Å². The lowest BCUT2D eigenvalue weighted by Crippen LogP contribution is -2.34. The molecule has 4 N–H and O–H groups in total. The van der Waals surface area contributed by atoms with E-state index in [0.29, 0.717) is 11.3 Å². The number of carbonyl (C=O) groups is 2. The fraction of sp³-hybridized carbons (Fsp3) is 0.462. The van der Waals surface area contributed by atoms with Crippen molar-refractivity contribution in [1.82, 2.24) is 0 Å². The third kappa shape index (κ3) is 13.0. The molecule has 0 aliphatic heterocycles. The molecule has 50 heavy (non-hydrogen) atoms. The maximum atomic E-state index is 13.6. The summed E-state index contributed by atoms with van der Waals surface area (Å²) < 4.78 is 27.3. The highest BCUT2D eigenvalue weighted by atomic mass is 35.5. The average Bonchev–Trinajstić information content (AvgIpc) is 3.09. The Morgan fingerprint density at radius 2 is 1.38 bits per heavy atom. The number of aromatic hydroxyl groups is 1. The molecule has 1 unspecified atom stereocenters. The molecule has 3 amide bonds. The Labute approximate surface area is 302 Å². The number of hydrogen-bond acceptors (Lipinski definition) is 6. The Balaban J connectivity index is 1.50. The first kappa shape index (κ1) is 40.4. The van der Waals surface area contributed by atoms with Crippen LogP contribution in [0, 0.1) is 11.3 Å². The zero-order chi connectivity index (χ0) is 36.4. The molecule has 0 saturated carbocycles. The first-order valence-electron chi connectivity index (χ1n) is 17.8. The number of aryl methyl sites for hydroxylation is 1. The molecule has 0 aliphatic carbocycles. The summed E-state index contributed by atoms with van der Waals surface area (Å²) in [4.78, 5) is 25.8. The molecular formula is C39H51ClN4O5S. The third-order valence-electron chi connectivity index (χ3n) is 8.70. The van der Waals surface area contributed by atoms with Gasteiger partial charge in [0, 0.05) is 11.8 Å². The van der Waals surface area contributed by atoms with Gasteiger partial charge in [-0.1, -0.05) is 115 Å². The van der Waals surface area contributed by atoms with E-state index in [0.717, 1.165) is 30.9 Å². The number of hydrogen-bond donors (Lipinski definition) is 4. The molecule has 0 radical (unpaired) electrons. The van der Waals surface area contributed by atoms with Gasteiger partial charge in [0.05, 0.1) is 32.9 Å². The molecule has 0 aromatic heterocycles. The molecule has 3 aromatic rings. The number of nitrogens with zero attached hydrogens (tertiary/aromatic N) is 1. The molecule has 0 aliphatic rings. The Hall–Kier alpha value is -4.07.